The molecular formula is C13H17ClF4N2O2. The molecule has 126 valence electrons. The van der Waals surface area contributed by atoms with Crippen LogP contribution in [0.15, 0.2) is 18.2 Å². The molecule has 0 aliphatic heterocycles. The predicted octanol–water partition coefficient (Wildman–Crippen LogP) is 2.25. The van der Waals surface area contributed by atoms with Gasteiger partial charge in [0.2, 0.25) is 5.91 Å². The Morgan fingerprint density at radius 2 is 2.05 bits per heavy atom. The van der Waals surface area contributed by atoms with Crippen LogP contribution in [0.25, 0.3) is 0 Å². The fourth-order valence-corrected chi connectivity index (χ4v) is 1.70. The predicted molar refractivity (Wildman–Crippen MR) is 75.0 cm³/mol. The Labute approximate surface area is 131 Å². The van der Waals surface area contributed by atoms with Crippen LogP contribution in [0.3, 0.4) is 0 Å². The van der Waals surface area contributed by atoms with Gasteiger partial charge in [-0.2, -0.15) is 13.2 Å². The third-order valence-corrected chi connectivity index (χ3v) is 2.86. The van der Waals surface area contributed by atoms with Crippen LogP contribution in [0, 0.1) is 5.82 Å². The maximum absolute atomic E-state index is 12.9. The summed E-state index contributed by atoms with van der Waals surface area (Å²) in [6.07, 6.45) is -5.25. The molecule has 3 N–H and O–H groups in total. The summed E-state index contributed by atoms with van der Waals surface area (Å²) in [4.78, 5) is 11.6. The summed E-state index contributed by atoms with van der Waals surface area (Å²) < 4.78 is 56.1. The first-order valence-electron chi connectivity index (χ1n) is 6.13. The van der Waals surface area contributed by atoms with Gasteiger partial charge in [0.05, 0.1) is 18.1 Å². The maximum Gasteiger partial charge on any atom is 0.416 e. The van der Waals surface area contributed by atoms with Crippen LogP contribution in [-0.2, 0) is 22.3 Å². The Kier molecular flexibility index (Phi) is 8.36. The molecule has 0 heterocycles. The zero-order valence-electron chi connectivity index (χ0n) is 11.7. The van der Waals surface area contributed by atoms with Crippen LogP contribution < -0.4 is 11.1 Å². The molecule has 0 radical (unpaired) electrons. The van der Waals surface area contributed by atoms with Gasteiger partial charge in [0, 0.05) is 20.2 Å². The minimum atomic E-state index is -4.69. The Morgan fingerprint density at radius 1 is 1.41 bits per heavy atom. The van der Waals surface area contributed by atoms with E-state index in [-0.39, 0.29) is 37.5 Å². The van der Waals surface area contributed by atoms with Crippen LogP contribution in [-0.4, -0.2) is 25.7 Å². The average molecular weight is 345 g/mol. The fourth-order valence-electron chi connectivity index (χ4n) is 1.70. The van der Waals surface area contributed by atoms with E-state index >= 15 is 0 Å². The van der Waals surface area contributed by atoms with Crippen molar-refractivity contribution in [2.45, 2.75) is 25.2 Å². The van der Waals surface area contributed by atoms with E-state index < -0.39 is 29.6 Å². The molecule has 1 rings (SSSR count). The summed E-state index contributed by atoms with van der Waals surface area (Å²) >= 11 is 0. The van der Waals surface area contributed by atoms with E-state index in [1.165, 1.54) is 7.11 Å². The number of hydrogen-bond acceptors (Lipinski definition) is 3. The van der Waals surface area contributed by atoms with E-state index in [4.69, 9.17) is 10.5 Å². The topological polar surface area (TPSA) is 64.3 Å². The van der Waals surface area contributed by atoms with E-state index in [2.05, 4.69) is 5.32 Å². The van der Waals surface area contributed by atoms with E-state index in [0.717, 1.165) is 12.1 Å². The number of ether oxygens (including phenoxy) is 1. The number of amides is 1. The smallest absolute Gasteiger partial charge is 0.380 e. The molecule has 22 heavy (non-hydrogen) atoms. The van der Waals surface area contributed by atoms with E-state index in [1.54, 1.807) is 0 Å². The van der Waals surface area contributed by atoms with Crippen LogP contribution >= 0.6 is 12.4 Å². The molecular weight excluding hydrogens is 328 g/mol. The van der Waals surface area contributed by atoms with Gasteiger partial charge in [-0.1, -0.05) is 6.07 Å². The number of carbonyl (C=O) groups excluding carboxylic acids is 1. The largest absolute Gasteiger partial charge is 0.416 e. The fraction of sp³-hybridized carbons (Fsp3) is 0.462. The molecule has 0 saturated carbocycles. The summed E-state index contributed by atoms with van der Waals surface area (Å²) in [5.74, 6) is -1.48. The first-order valence-corrected chi connectivity index (χ1v) is 6.13. The minimum Gasteiger partial charge on any atom is -0.380 e. The Bertz CT molecular complexity index is 493. The molecule has 9 heteroatoms. The van der Waals surface area contributed by atoms with Crippen molar-refractivity contribution in [1.82, 2.24) is 5.32 Å². The average Bonchev–Trinajstić information content (AvgIpc) is 2.42. The lowest BCUT2D eigenvalue weighted by Gasteiger charge is -2.15. The molecule has 0 fully saturated rings. The number of halogens is 5. The van der Waals surface area contributed by atoms with E-state index in [1.807, 2.05) is 0 Å². The SMILES string of the molecule is COC(CN)CC(=O)NCc1ccc(F)cc1C(F)(F)F.Cl. The Balaban J connectivity index is 0.00000441. The number of carbonyl (C=O) groups is 1. The summed E-state index contributed by atoms with van der Waals surface area (Å²) in [7, 11) is 1.38. The molecule has 1 atom stereocenters. The Morgan fingerprint density at radius 3 is 2.55 bits per heavy atom. The molecule has 1 aromatic carbocycles. The van der Waals surface area contributed by atoms with Crippen molar-refractivity contribution in [3.8, 4) is 0 Å². The van der Waals surface area contributed by atoms with Crippen molar-refractivity contribution in [3.63, 3.8) is 0 Å². The minimum absolute atomic E-state index is 0. The van der Waals surface area contributed by atoms with E-state index in [0.29, 0.717) is 6.07 Å². The second-order valence-electron chi connectivity index (χ2n) is 4.37. The van der Waals surface area contributed by atoms with Gasteiger partial charge < -0.3 is 15.8 Å². The van der Waals surface area contributed by atoms with Crippen molar-refractivity contribution in [2.75, 3.05) is 13.7 Å². The van der Waals surface area contributed by atoms with Gasteiger partial charge in [-0.25, -0.2) is 4.39 Å². The zero-order valence-corrected chi connectivity index (χ0v) is 12.6. The molecule has 0 aromatic heterocycles. The van der Waals surface area contributed by atoms with Gasteiger partial charge in [0.15, 0.2) is 0 Å². The first kappa shape index (κ1) is 20.6. The third kappa shape index (κ3) is 6.17. The number of nitrogens with one attached hydrogen (secondary N) is 1. The van der Waals surface area contributed by atoms with Crippen molar-refractivity contribution in [2.24, 2.45) is 5.73 Å². The Hall–Kier alpha value is -1.38. The standard InChI is InChI=1S/C13H16F4N2O2.ClH/c1-21-10(6-18)5-12(20)19-7-8-2-3-9(14)4-11(8)13(15,16)17;/h2-4,10H,5-7,18H2,1H3,(H,19,20);1H. The number of hydrogen-bond donors (Lipinski definition) is 2. The quantitative estimate of drug-likeness (QED) is 0.778. The number of methoxy groups -OCH3 is 1. The highest BCUT2D eigenvalue weighted by atomic mass is 35.5. The lowest BCUT2D eigenvalue weighted by Crippen LogP contribution is -2.32. The molecule has 0 aliphatic rings. The second kappa shape index (κ2) is 8.92. The summed E-state index contributed by atoms with van der Waals surface area (Å²) in [5, 5.41) is 2.33. The molecule has 0 saturated heterocycles. The molecule has 1 aromatic rings. The monoisotopic (exact) mass is 344 g/mol. The zero-order chi connectivity index (χ0) is 16.0. The summed E-state index contributed by atoms with van der Waals surface area (Å²) in [5.41, 5.74) is 4.03. The summed E-state index contributed by atoms with van der Waals surface area (Å²) in [6.45, 7) is -0.233. The molecule has 1 amide bonds. The number of nitrogens with two attached hydrogens (primary N) is 1. The van der Waals surface area contributed by atoms with Crippen molar-refractivity contribution in [3.05, 3.63) is 35.1 Å². The van der Waals surface area contributed by atoms with Gasteiger partial charge in [0.25, 0.3) is 0 Å². The van der Waals surface area contributed by atoms with Crippen molar-refractivity contribution < 1.29 is 27.1 Å². The normalized spacial score (nSPS) is 12.5. The molecule has 0 aliphatic carbocycles. The number of benzene rings is 1. The van der Waals surface area contributed by atoms with Crippen molar-refractivity contribution in [1.29, 1.82) is 0 Å². The van der Waals surface area contributed by atoms with Crippen LogP contribution in [0.5, 0.6) is 0 Å². The maximum atomic E-state index is 12.9. The van der Waals surface area contributed by atoms with Gasteiger partial charge in [-0.05, 0) is 17.7 Å². The van der Waals surface area contributed by atoms with Crippen LogP contribution in [0.1, 0.15) is 17.5 Å². The van der Waals surface area contributed by atoms with Gasteiger partial charge in [-0.15, -0.1) is 12.4 Å². The first-order chi connectivity index (χ1) is 9.77. The third-order valence-electron chi connectivity index (χ3n) is 2.86. The number of alkyl halides is 3. The van der Waals surface area contributed by atoms with Gasteiger partial charge in [-0.3, -0.25) is 4.79 Å². The molecule has 1 unspecified atom stereocenters. The molecule has 0 spiro atoms. The highest BCUT2D eigenvalue weighted by molar-refractivity contribution is 5.85. The molecule has 4 nitrogen and oxygen atoms in total. The lowest BCUT2D eigenvalue weighted by molar-refractivity contribution is -0.138. The van der Waals surface area contributed by atoms with Gasteiger partial charge >= 0.3 is 6.18 Å². The molecule has 0 bridgehead atoms. The highest BCUT2D eigenvalue weighted by Crippen LogP contribution is 2.32. The lowest BCUT2D eigenvalue weighted by atomic mass is 10.1. The number of rotatable bonds is 6. The van der Waals surface area contributed by atoms with E-state index in [9.17, 15) is 22.4 Å². The van der Waals surface area contributed by atoms with Crippen LogP contribution in [0.4, 0.5) is 17.6 Å². The summed E-state index contributed by atoms with van der Waals surface area (Å²) in [6, 6.07) is 2.31. The van der Waals surface area contributed by atoms with Gasteiger partial charge in [0.1, 0.15) is 5.82 Å². The van der Waals surface area contributed by atoms with Crippen molar-refractivity contribution >= 4 is 18.3 Å². The second-order valence-corrected chi connectivity index (χ2v) is 4.37. The van der Waals surface area contributed by atoms with Crippen LogP contribution in [0.2, 0.25) is 0 Å². The highest BCUT2D eigenvalue weighted by Gasteiger charge is 2.33.